The summed E-state index contributed by atoms with van der Waals surface area (Å²) in [6.07, 6.45) is -1.09. The average molecular weight is 293 g/mol. The molecule has 0 aromatic heterocycles. The van der Waals surface area contributed by atoms with Gasteiger partial charge in [-0.05, 0) is 20.8 Å². The number of carbonyl (C=O) groups is 2. The Balaban J connectivity index is 2.72. The summed E-state index contributed by atoms with van der Waals surface area (Å²) < 4.78 is 27.8. The van der Waals surface area contributed by atoms with E-state index in [4.69, 9.17) is 9.84 Å². The fourth-order valence-corrected chi connectivity index (χ4v) is 2.44. The summed E-state index contributed by atoms with van der Waals surface area (Å²) in [5.74, 6) is -2.34. The van der Waals surface area contributed by atoms with E-state index in [9.17, 15) is 18.0 Å². The summed E-state index contributed by atoms with van der Waals surface area (Å²) in [7, 11) is -3.56. The van der Waals surface area contributed by atoms with E-state index in [0.29, 0.717) is 0 Å². The molecule has 0 radical (unpaired) electrons. The Bertz CT molecular complexity index is 464. The van der Waals surface area contributed by atoms with Gasteiger partial charge in [0.05, 0.1) is 17.9 Å². The van der Waals surface area contributed by atoms with Gasteiger partial charge in [-0.2, -0.15) is 0 Å². The number of amides is 1. The van der Waals surface area contributed by atoms with E-state index in [2.05, 4.69) is 0 Å². The summed E-state index contributed by atoms with van der Waals surface area (Å²) in [6.45, 7) is 4.76. The summed E-state index contributed by atoms with van der Waals surface area (Å²) >= 11 is 0. The molecule has 1 rings (SSSR count). The van der Waals surface area contributed by atoms with Crippen LogP contribution in [0.5, 0.6) is 0 Å². The van der Waals surface area contributed by atoms with Gasteiger partial charge in [0.15, 0.2) is 15.9 Å². The number of hydrogen-bond acceptors (Lipinski definition) is 5. The first kappa shape index (κ1) is 15.9. The molecule has 0 spiro atoms. The van der Waals surface area contributed by atoms with Crippen molar-refractivity contribution in [3.8, 4) is 0 Å². The van der Waals surface area contributed by atoms with Crippen LogP contribution in [0.15, 0.2) is 0 Å². The van der Waals surface area contributed by atoms with Crippen LogP contribution in [-0.2, 0) is 24.2 Å². The summed E-state index contributed by atoms with van der Waals surface area (Å²) in [5.41, 5.74) is 0. The van der Waals surface area contributed by atoms with Gasteiger partial charge in [-0.3, -0.25) is 4.79 Å². The van der Waals surface area contributed by atoms with Crippen LogP contribution < -0.4 is 0 Å². The lowest BCUT2D eigenvalue weighted by atomic mass is 10.2. The molecule has 0 aromatic carbocycles. The molecular formula is C11H19NO6S. The number of aliphatic carboxylic acids is 1. The molecule has 1 amide bonds. The predicted octanol–water partition coefficient (Wildman–Crippen LogP) is -0.488. The van der Waals surface area contributed by atoms with Crippen molar-refractivity contribution in [2.24, 2.45) is 0 Å². The molecule has 1 N–H and O–H groups in total. The second-order valence-corrected chi connectivity index (χ2v) is 8.15. The van der Waals surface area contributed by atoms with Crippen molar-refractivity contribution in [3.63, 3.8) is 0 Å². The molecular weight excluding hydrogens is 274 g/mol. The molecule has 8 heteroatoms. The first-order valence-electron chi connectivity index (χ1n) is 5.89. The average Bonchev–Trinajstić information content (AvgIpc) is 2.27. The molecule has 0 bridgehead atoms. The molecule has 0 aromatic rings. The molecule has 7 nitrogen and oxygen atoms in total. The molecule has 1 saturated heterocycles. The first-order chi connectivity index (χ1) is 8.54. The molecule has 110 valence electrons. The van der Waals surface area contributed by atoms with Crippen LogP contribution in [-0.4, -0.2) is 66.6 Å². The lowest BCUT2D eigenvalue weighted by Crippen LogP contribution is -2.51. The normalized spacial score (nSPS) is 21.2. The van der Waals surface area contributed by atoms with Crippen molar-refractivity contribution >= 4 is 21.7 Å². The Morgan fingerprint density at radius 3 is 2.42 bits per heavy atom. The van der Waals surface area contributed by atoms with Gasteiger partial charge in [0.1, 0.15) is 5.75 Å². The zero-order chi connectivity index (χ0) is 14.8. The molecule has 1 heterocycles. The molecule has 1 fully saturated rings. The minimum Gasteiger partial charge on any atom is -0.479 e. The van der Waals surface area contributed by atoms with E-state index in [1.165, 1.54) is 25.7 Å². The highest BCUT2D eigenvalue weighted by molar-refractivity contribution is 7.93. The van der Waals surface area contributed by atoms with Gasteiger partial charge in [-0.25, -0.2) is 13.2 Å². The van der Waals surface area contributed by atoms with E-state index in [0.717, 1.165) is 0 Å². The Kier molecular flexibility index (Phi) is 4.57. The van der Waals surface area contributed by atoms with Gasteiger partial charge in [-0.1, -0.05) is 0 Å². The third-order valence-corrected chi connectivity index (χ3v) is 5.43. The van der Waals surface area contributed by atoms with Gasteiger partial charge in [0.2, 0.25) is 5.91 Å². The van der Waals surface area contributed by atoms with Gasteiger partial charge in [0, 0.05) is 6.54 Å². The third-order valence-electron chi connectivity index (χ3n) is 2.94. The lowest BCUT2D eigenvalue weighted by molar-refractivity contribution is -0.158. The molecule has 0 saturated carbocycles. The smallest absolute Gasteiger partial charge is 0.334 e. The maximum atomic E-state index is 11.9. The van der Waals surface area contributed by atoms with Gasteiger partial charge in [0.25, 0.3) is 0 Å². The molecule has 1 aliphatic heterocycles. The number of morpholine rings is 1. The Labute approximate surface area is 112 Å². The van der Waals surface area contributed by atoms with Crippen LogP contribution in [0, 0.1) is 0 Å². The zero-order valence-electron chi connectivity index (χ0n) is 11.2. The van der Waals surface area contributed by atoms with Crippen molar-refractivity contribution in [1.29, 1.82) is 0 Å². The van der Waals surface area contributed by atoms with Crippen molar-refractivity contribution in [1.82, 2.24) is 4.90 Å². The van der Waals surface area contributed by atoms with Crippen LogP contribution >= 0.6 is 0 Å². The zero-order valence-corrected chi connectivity index (χ0v) is 12.1. The van der Waals surface area contributed by atoms with Crippen LogP contribution in [0.25, 0.3) is 0 Å². The van der Waals surface area contributed by atoms with E-state index >= 15 is 0 Å². The SMILES string of the molecule is CC(C)(C)S(=O)(=O)CC(=O)N1CCOC(C(=O)O)C1. The number of carbonyl (C=O) groups excluding carboxylic acids is 1. The monoisotopic (exact) mass is 293 g/mol. The van der Waals surface area contributed by atoms with E-state index < -0.39 is 38.3 Å². The molecule has 1 unspecified atom stereocenters. The number of nitrogens with zero attached hydrogens (tertiary/aromatic N) is 1. The number of rotatable bonds is 3. The highest BCUT2D eigenvalue weighted by Crippen LogP contribution is 2.17. The van der Waals surface area contributed by atoms with Crippen molar-refractivity contribution in [3.05, 3.63) is 0 Å². The van der Waals surface area contributed by atoms with Gasteiger partial charge in [-0.15, -0.1) is 0 Å². The van der Waals surface area contributed by atoms with Crippen molar-refractivity contribution < 1.29 is 27.9 Å². The summed E-state index contributed by atoms with van der Waals surface area (Å²) in [6, 6.07) is 0. The number of hydrogen-bond donors (Lipinski definition) is 1. The highest BCUT2D eigenvalue weighted by Gasteiger charge is 2.35. The first-order valence-corrected chi connectivity index (χ1v) is 7.54. The fourth-order valence-electron chi connectivity index (χ4n) is 1.50. The maximum absolute atomic E-state index is 11.9. The van der Waals surface area contributed by atoms with E-state index in [1.807, 2.05) is 0 Å². The maximum Gasteiger partial charge on any atom is 0.334 e. The summed E-state index contributed by atoms with van der Waals surface area (Å²) in [4.78, 5) is 23.9. The third kappa shape index (κ3) is 3.90. The second-order valence-electron chi connectivity index (χ2n) is 5.41. The van der Waals surface area contributed by atoms with Gasteiger partial charge >= 0.3 is 5.97 Å². The van der Waals surface area contributed by atoms with Gasteiger partial charge < -0.3 is 14.7 Å². The molecule has 1 atom stereocenters. The Morgan fingerprint density at radius 2 is 1.95 bits per heavy atom. The minimum atomic E-state index is -3.56. The largest absolute Gasteiger partial charge is 0.479 e. The standard InChI is InChI=1S/C11H19NO6S/c1-11(2,3)19(16,17)7-9(13)12-4-5-18-8(6-12)10(14)15/h8H,4-7H2,1-3H3,(H,14,15). The van der Waals surface area contributed by atoms with Crippen LogP contribution in [0.1, 0.15) is 20.8 Å². The second kappa shape index (κ2) is 5.46. The number of carboxylic acids is 1. The van der Waals surface area contributed by atoms with Crippen LogP contribution in [0.4, 0.5) is 0 Å². The lowest BCUT2D eigenvalue weighted by Gasteiger charge is -2.31. The van der Waals surface area contributed by atoms with Crippen molar-refractivity contribution in [2.75, 3.05) is 25.4 Å². The van der Waals surface area contributed by atoms with Crippen molar-refractivity contribution in [2.45, 2.75) is 31.6 Å². The predicted molar refractivity (Wildman–Crippen MR) is 67.5 cm³/mol. The number of sulfone groups is 1. The minimum absolute atomic E-state index is 0.0955. The number of carboxylic acid groups (broad SMARTS) is 1. The molecule has 19 heavy (non-hydrogen) atoms. The Hall–Kier alpha value is -1.15. The quantitative estimate of drug-likeness (QED) is 0.753. The van der Waals surface area contributed by atoms with E-state index in [-0.39, 0.29) is 19.7 Å². The van der Waals surface area contributed by atoms with E-state index in [1.54, 1.807) is 0 Å². The topological polar surface area (TPSA) is 101 Å². The highest BCUT2D eigenvalue weighted by atomic mass is 32.2. The van der Waals surface area contributed by atoms with Crippen LogP contribution in [0.3, 0.4) is 0 Å². The summed E-state index contributed by atoms with van der Waals surface area (Å²) in [5, 5.41) is 8.82. The fraction of sp³-hybridized carbons (Fsp3) is 0.818. The molecule has 1 aliphatic rings. The molecule has 0 aliphatic carbocycles. The van der Waals surface area contributed by atoms with Crippen LogP contribution in [0.2, 0.25) is 0 Å². The number of ether oxygens (including phenoxy) is 1. The Morgan fingerprint density at radius 1 is 1.37 bits per heavy atom.